The number of nitrogens with one attached hydrogen (secondary N) is 1. The molecule has 0 aliphatic rings. The maximum absolute atomic E-state index is 14.4. The highest BCUT2D eigenvalue weighted by Gasteiger charge is 2.18. The van der Waals surface area contributed by atoms with E-state index in [1.165, 1.54) is 18.3 Å². The van der Waals surface area contributed by atoms with Gasteiger partial charge in [-0.1, -0.05) is 23.7 Å². The molecule has 4 aromatic heterocycles. The van der Waals surface area contributed by atoms with Gasteiger partial charge < -0.3 is 5.32 Å². The Morgan fingerprint density at radius 1 is 0.971 bits per heavy atom. The van der Waals surface area contributed by atoms with Crippen LogP contribution in [0.5, 0.6) is 0 Å². The van der Waals surface area contributed by atoms with Crippen molar-refractivity contribution < 1.29 is 13.6 Å². The number of hydrogen-bond donors (Lipinski definition) is 1. The van der Waals surface area contributed by atoms with E-state index in [4.69, 9.17) is 11.6 Å². The van der Waals surface area contributed by atoms with Gasteiger partial charge in [0.2, 0.25) is 0 Å². The third-order valence-electron chi connectivity index (χ3n) is 5.37. The summed E-state index contributed by atoms with van der Waals surface area (Å²) in [5, 5.41) is 3.20. The molecule has 168 valence electrons. The summed E-state index contributed by atoms with van der Waals surface area (Å²) >= 11 is 5.85. The first-order chi connectivity index (χ1) is 16.4. The lowest BCUT2D eigenvalue weighted by Crippen LogP contribution is -2.15. The zero-order chi connectivity index (χ0) is 23.8. The van der Waals surface area contributed by atoms with Crippen LogP contribution >= 0.6 is 11.6 Å². The normalized spacial score (nSPS) is 11.1. The summed E-state index contributed by atoms with van der Waals surface area (Å²) < 4.78 is 29.9. The van der Waals surface area contributed by atoms with E-state index in [0.717, 1.165) is 11.6 Å². The Balaban J connectivity index is 1.55. The first-order valence-electron chi connectivity index (χ1n) is 10.2. The molecular formula is C25H16ClF2N5O. The number of pyridine rings is 3. The molecule has 0 fully saturated rings. The summed E-state index contributed by atoms with van der Waals surface area (Å²) in [7, 11) is 0. The van der Waals surface area contributed by atoms with Crippen LogP contribution < -0.4 is 5.32 Å². The van der Waals surface area contributed by atoms with E-state index < -0.39 is 11.6 Å². The van der Waals surface area contributed by atoms with E-state index in [2.05, 4.69) is 20.3 Å². The highest BCUT2D eigenvalue weighted by Crippen LogP contribution is 2.30. The first kappa shape index (κ1) is 21.7. The molecule has 0 saturated carbocycles. The van der Waals surface area contributed by atoms with Crippen LogP contribution in [0.4, 0.5) is 14.6 Å². The predicted molar refractivity (Wildman–Crippen MR) is 126 cm³/mol. The predicted octanol–water partition coefficient (Wildman–Crippen LogP) is 5.95. The van der Waals surface area contributed by atoms with E-state index in [-0.39, 0.29) is 17.3 Å². The average Bonchev–Trinajstić information content (AvgIpc) is 3.27. The van der Waals surface area contributed by atoms with Gasteiger partial charge in [0.25, 0.3) is 5.91 Å². The second-order valence-electron chi connectivity index (χ2n) is 7.53. The molecule has 0 spiro atoms. The number of benzene rings is 1. The van der Waals surface area contributed by atoms with Crippen LogP contribution in [0, 0.1) is 18.6 Å². The number of carbonyl (C=O) groups is 1. The zero-order valence-corrected chi connectivity index (χ0v) is 18.5. The van der Waals surface area contributed by atoms with Gasteiger partial charge in [0, 0.05) is 29.7 Å². The van der Waals surface area contributed by atoms with E-state index >= 15 is 0 Å². The van der Waals surface area contributed by atoms with Crippen LogP contribution in [0.15, 0.2) is 73.3 Å². The molecule has 1 N–H and O–H groups in total. The Hall–Kier alpha value is -4.17. The van der Waals surface area contributed by atoms with Crippen molar-refractivity contribution in [2.75, 3.05) is 5.32 Å². The molecule has 1 amide bonds. The van der Waals surface area contributed by atoms with Gasteiger partial charge in [-0.3, -0.25) is 14.2 Å². The number of rotatable bonds is 4. The molecular weight excluding hydrogens is 460 g/mol. The quantitative estimate of drug-likeness (QED) is 0.348. The maximum Gasteiger partial charge on any atom is 0.258 e. The molecule has 0 unspecified atom stereocenters. The molecule has 0 atom stereocenters. The van der Waals surface area contributed by atoms with Gasteiger partial charge in [-0.25, -0.2) is 18.7 Å². The topological polar surface area (TPSA) is 72.2 Å². The van der Waals surface area contributed by atoms with E-state index in [0.29, 0.717) is 33.2 Å². The first-order valence-corrected chi connectivity index (χ1v) is 10.6. The zero-order valence-electron chi connectivity index (χ0n) is 17.8. The minimum atomic E-state index is -0.966. The number of aromatic nitrogens is 4. The second kappa shape index (κ2) is 8.64. The molecule has 0 radical (unpaired) electrons. The van der Waals surface area contributed by atoms with Gasteiger partial charge in [0.05, 0.1) is 33.6 Å². The van der Waals surface area contributed by atoms with Crippen molar-refractivity contribution in [1.82, 2.24) is 19.4 Å². The highest BCUT2D eigenvalue weighted by molar-refractivity contribution is 6.30. The summed E-state index contributed by atoms with van der Waals surface area (Å²) in [6, 6.07) is 12.5. The van der Waals surface area contributed by atoms with Crippen LogP contribution in [-0.2, 0) is 0 Å². The van der Waals surface area contributed by atoms with Crippen molar-refractivity contribution in [2.45, 2.75) is 6.92 Å². The lowest BCUT2D eigenvalue weighted by atomic mass is 10.0. The molecule has 9 heteroatoms. The summed E-state index contributed by atoms with van der Waals surface area (Å²) in [5.74, 6) is -1.66. The monoisotopic (exact) mass is 475 g/mol. The van der Waals surface area contributed by atoms with Crippen LogP contribution in [-0.4, -0.2) is 25.3 Å². The summed E-state index contributed by atoms with van der Waals surface area (Å²) in [6.07, 6.45) is 6.38. The molecule has 4 heterocycles. The Labute approximate surface area is 197 Å². The van der Waals surface area contributed by atoms with Gasteiger partial charge in [0.15, 0.2) is 11.6 Å². The summed E-state index contributed by atoms with van der Waals surface area (Å²) in [4.78, 5) is 25.7. The average molecular weight is 476 g/mol. The summed E-state index contributed by atoms with van der Waals surface area (Å²) in [5.41, 5.74) is 3.00. The van der Waals surface area contributed by atoms with Crippen molar-refractivity contribution in [2.24, 2.45) is 0 Å². The number of halogens is 3. The lowest BCUT2D eigenvalue weighted by Gasteiger charge is -2.11. The van der Waals surface area contributed by atoms with E-state index in [9.17, 15) is 13.6 Å². The van der Waals surface area contributed by atoms with Gasteiger partial charge in [-0.05, 0) is 43.3 Å². The second-order valence-corrected chi connectivity index (χ2v) is 7.97. The Morgan fingerprint density at radius 3 is 2.59 bits per heavy atom. The van der Waals surface area contributed by atoms with Crippen LogP contribution in [0.1, 0.15) is 16.1 Å². The molecule has 0 bridgehead atoms. The van der Waals surface area contributed by atoms with Crippen molar-refractivity contribution in [3.8, 4) is 22.5 Å². The van der Waals surface area contributed by atoms with E-state index in [1.807, 2.05) is 6.07 Å². The minimum Gasteiger partial charge on any atom is -0.307 e. The summed E-state index contributed by atoms with van der Waals surface area (Å²) in [6.45, 7) is 1.73. The standard InChI is InChI=1S/C25H16ClF2N5O/c1-14-19(25(34)32-22-8-7-16(26)12-30-22)10-15(11-29-14)17-5-3-9-33-21(17)13-31-24(33)18-4-2-6-20(27)23(18)28/h2-13H,1H3,(H,30,32,34). The fourth-order valence-corrected chi connectivity index (χ4v) is 3.80. The Morgan fingerprint density at radius 2 is 1.79 bits per heavy atom. The molecule has 1 aromatic carbocycles. The molecule has 5 rings (SSSR count). The third-order valence-corrected chi connectivity index (χ3v) is 5.60. The number of imidazole rings is 1. The molecule has 0 aliphatic carbocycles. The van der Waals surface area contributed by atoms with Gasteiger partial charge >= 0.3 is 0 Å². The number of amides is 1. The third kappa shape index (κ3) is 3.88. The lowest BCUT2D eigenvalue weighted by molar-refractivity contribution is 0.102. The maximum atomic E-state index is 14.4. The number of hydrogen-bond acceptors (Lipinski definition) is 4. The Kier molecular flexibility index (Phi) is 5.51. The van der Waals surface area contributed by atoms with Gasteiger partial charge in [0.1, 0.15) is 11.6 Å². The molecule has 5 aromatic rings. The fourth-order valence-electron chi connectivity index (χ4n) is 3.69. The highest BCUT2D eigenvalue weighted by atomic mass is 35.5. The van der Waals surface area contributed by atoms with Crippen molar-refractivity contribution >= 4 is 28.8 Å². The van der Waals surface area contributed by atoms with Crippen LogP contribution in [0.3, 0.4) is 0 Å². The molecule has 0 aliphatic heterocycles. The van der Waals surface area contributed by atoms with Crippen LogP contribution in [0.25, 0.3) is 28.0 Å². The smallest absolute Gasteiger partial charge is 0.258 e. The Bertz CT molecular complexity index is 1550. The van der Waals surface area contributed by atoms with Gasteiger partial charge in [-0.2, -0.15) is 0 Å². The van der Waals surface area contributed by atoms with Gasteiger partial charge in [-0.15, -0.1) is 0 Å². The number of aryl methyl sites for hydroxylation is 1. The SMILES string of the molecule is Cc1ncc(-c2cccn3c(-c4cccc(F)c4F)ncc23)cc1C(=O)Nc1ccc(Cl)cn1. The number of fused-ring (bicyclic) bond motifs is 1. The molecule has 34 heavy (non-hydrogen) atoms. The number of nitrogens with zero attached hydrogens (tertiary/aromatic N) is 4. The molecule has 6 nitrogen and oxygen atoms in total. The number of carbonyl (C=O) groups excluding carboxylic acids is 1. The largest absolute Gasteiger partial charge is 0.307 e. The number of anilines is 1. The van der Waals surface area contributed by atoms with E-state index in [1.54, 1.807) is 54.2 Å². The minimum absolute atomic E-state index is 0.0507. The van der Waals surface area contributed by atoms with Crippen molar-refractivity contribution in [3.63, 3.8) is 0 Å². The van der Waals surface area contributed by atoms with Crippen LogP contribution in [0.2, 0.25) is 5.02 Å². The fraction of sp³-hybridized carbons (Fsp3) is 0.0400. The molecule has 0 saturated heterocycles. The van der Waals surface area contributed by atoms with Crippen molar-refractivity contribution in [1.29, 1.82) is 0 Å². The van der Waals surface area contributed by atoms with Crippen molar-refractivity contribution in [3.05, 3.63) is 101 Å².